The fourth-order valence-corrected chi connectivity index (χ4v) is 2.03. The standard InChI is InChI=1S/C11H15ClN4S/c1-8(2)16(6-4-5-13)10-7-9(12)14-11(15-10)17-3/h7-8H,4,6H2,1-3H3. The molecule has 0 aliphatic carbocycles. The Bertz CT molecular complexity index is 416. The lowest BCUT2D eigenvalue weighted by Crippen LogP contribution is -2.32. The number of thioether (sulfide) groups is 1. The first kappa shape index (κ1) is 14.1. The molecule has 0 N–H and O–H groups in total. The third-order valence-corrected chi connectivity index (χ3v) is 2.97. The van der Waals surface area contributed by atoms with E-state index in [1.807, 2.05) is 6.26 Å². The summed E-state index contributed by atoms with van der Waals surface area (Å²) in [5, 5.41) is 9.74. The zero-order chi connectivity index (χ0) is 12.8. The van der Waals surface area contributed by atoms with Gasteiger partial charge in [0.15, 0.2) is 5.16 Å². The Labute approximate surface area is 111 Å². The number of halogens is 1. The van der Waals surface area contributed by atoms with Gasteiger partial charge in [0.1, 0.15) is 11.0 Å². The van der Waals surface area contributed by atoms with Crippen LogP contribution in [0.4, 0.5) is 5.82 Å². The van der Waals surface area contributed by atoms with Crippen LogP contribution in [0.25, 0.3) is 0 Å². The number of nitriles is 1. The maximum atomic E-state index is 8.66. The van der Waals surface area contributed by atoms with Gasteiger partial charge in [-0.3, -0.25) is 0 Å². The Hall–Kier alpha value is -0.990. The van der Waals surface area contributed by atoms with Gasteiger partial charge in [-0.05, 0) is 20.1 Å². The van der Waals surface area contributed by atoms with Crippen LogP contribution in [0.3, 0.4) is 0 Å². The van der Waals surface area contributed by atoms with Crippen LogP contribution in [0.1, 0.15) is 20.3 Å². The zero-order valence-electron chi connectivity index (χ0n) is 10.1. The fraction of sp³-hybridized carbons (Fsp3) is 0.545. The highest BCUT2D eigenvalue weighted by atomic mass is 35.5. The lowest BCUT2D eigenvalue weighted by atomic mass is 10.3. The van der Waals surface area contributed by atoms with E-state index in [9.17, 15) is 0 Å². The normalized spacial score (nSPS) is 10.4. The quantitative estimate of drug-likeness (QED) is 0.468. The maximum Gasteiger partial charge on any atom is 0.190 e. The molecular formula is C11H15ClN4S. The third kappa shape index (κ3) is 4.06. The number of nitrogens with zero attached hydrogens (tertiary/aromatic N) is 4. The van der Waals surface area contributed by atoms with E-state index >= 15 is 0 Å². The molecule has 0 bridgehead atoms. The minimum absolute atomic E-state index is 0.268. The van der Waals surface area contributed by atoms with Crippen molar-refractivity contribution in [2.45, 2.75) is 31.5 Å². The molecule has 0 saturated carbocycles. The van der Waals surface area contributed by atoms with E-state index in [0.717, 1.165) is 5.82 Å². The summed E-state index contributed by atoms with van der Waals surface area (Å²) >= 11 is 7.41. The molecule has 0 aliphatic rings. The smallest absolute Gasteiger partial charge is 0.190 e. The molecule has 6 heteroatoms. The van der Waals surface area contributed by atoms with Gasteiger partial charge in [0, 0.05) is 18.7 Å². The first-order valence-corrected chi connectivity index (χ1v) is 6.91. The molecule has 92 valence electrons. The average Bonchev–Trinajstić information content (AvgIpc) is 2.28. The highest BCUT2D eigenvalue weighted by molar-refractivity contribution is 7.98. The summed E-state index contributed by atoms with van der Waals surface area (Å²) in [5.74, 6) is 0.777. The van der Waals surface area contributed by atoms with Gasteiger partial charge in [-0.15, -0.1) is 0 Å². The maximum absolute atomic E-state index is 8.66. The minimum Gasteiger partial charge on any atom is -0.353 e. The van der Waals surface area contributed by atoms with Gasteiger partial charge in [0.25, 0.3) is 0 Å². The van der Waals surface area contributed by atoms with E-state index in [1.54, 1.807) is 6.07 Å². The molecule has 0 fully saturated rings. The summed E-state index contributed by atoms with van der Waals surface area (Å²) in [6.45, 7) is 4.77. The predicted octanol–water partition coefficient (Wildman–Crippen LogP) is 2.98. The molecule has 1 rings (SSSR count). The van der Waals surface area contributed by atoms with Gasteiger partial charge in [-0.1, -0.05) is 23.4 Å². The molecule has 4 nitrogen and oxygen atoms in total. The van der Waals surface area contributed by atoms with Crippen molar-refractivity contribution in [3.05, 3.63) is 11.2 Å². The van der Waals surface area contributed by atoms with Crippen molar-refractivity contribution in [1.82, 2.24) is 9.97 Å². The van der Waals surface area contributed by atoms with E-state index in [1.165, 1.54) is 11.8 Å². The van der Waals surface area contributed by atoms with E-state index in [-0.39, 0.29) is 6.04 Å². The van der Waals surface area contributed by atoms with Crippen LogP contribution in [-0.2, 0) is 0 Å². The van der Waals surface area contributed by atoms with Gasteiger partial charge in [0.05, 0.1) is 12.5 Å². The van der Waals surface area contributed by atoms with E-state index in [4.69, 9.17) is 16.9 Å². The van der Waals surface area contributed by atoms with E-state index < -0.39 is 0 Å². The van der Waals surface area contributed by atoms with Crippen molar-refractivity contribution < 1.29 is 0 Å². The lowest BCUT2D eigenvalue weighted by Gasteiger charge is -2.27. The van der Waals surface area contributed by atoms with Crippen molar-refractivity contribution in [3.8, 4) is 6.07 Å². The molecule has 0 radical (unpaired) electrons. The van der Waals surface area contributed by atoms with Crippen LogP contribution < -0.4 is 4.90 Å². The van der Waals surface area contributed by atoms with Crippen LogP contribution >= 0.6 is 23.4 Å². The Balaban J connectivity index is 3.01. The van der Waals surface area contributed by atoms with Crippen LogP contribution in [0, 0.1) is 11.3 Å². The summed E-state index contributed by atoms with van der Waals surface area (Å²) < 4.78 is 0. The molecular weight excluding hydrogens is 256 g/mol. The van der Waals surface area contributed by atoms with Gasteiger partial charge in [0.2, 0.25) is 0 Å². The van der Waals surface area contributed by atoms with Gasteiger partial charge in [-0.2, -0.15) is 5.26 Å². The molecule has 1 heterocycles. The van der Waals surface area contributed by atoms with Crippen LogP contribution in [0.2, 0.25) is 5.15 Å². The largest absolute Gasteiger partial charge is 0.353 e. The Morgan fingerprint density at radius 3 is 2.76 bits per heavy atom. The second kappa shape index (κ2) is 6.67. The van der Waals surface area contributed by atoms with Crippen molar-refractivity contribution in [2.24, 2.45) is 0 Å². The van der Waals surface area contributed by atoms with Crippen LogP contribution in [-0.4, -0.2) is 28.8 Å². The number of hydrogen-bond donors (Lipinski definition) is 0. The Kier molecular flexibility index (Phi) is 5.52. The van der Waals surface area contributed by atoms with Crippen LogP contribution in [0.5, 0.6) is 0 Å². The number of hydrogen-bond acceptors (Lipinski definition) is 5. The van der Waals surface area contributed by atoms with Crippen molar-refractivity contribution in [3.63, 3.8) is 0 Å². The second-order valence-corrected chi connectivity index (χ2v) is 4.89. The first-order chi connectivity index (χ1) is 8.08. The minimum atomic E-state index is 0.268. The topological polar surface area (TPSA) is 52.8 Å². The highest BCUT2D eigenvalue weighted by Crippen LogP contribution is 2.22. The van der Waals surface area contributed by atoms with E-state index in [0.29, 0.717) is 23.3 Å². The molecule has 0 saturated heterocycles. The number of anilines is 1. The lowest BCUT2D eigenvalue weighted by molar-refractivity contribution is 0.670. The second-order valence-electron chi connectivity index (χ2n) is 3.73. The molecule has 1 aromatic heterocycles. The molecule has 17 heavy (non-hydrogen) atoms. The van der Waals surface area contributed by atoms with Crippen molar-refractivity contribution >= 4 is 29.2 Å². The summed E-state index contributed by atoms with van der Waals surface area (Å²) in [4.78, 5) is 10.6. The van der Waals surface area contributed by atoms with E-state index in [2.05, 4.69) is 34.8 Å². The number of rotatable bonds is 5. The van der Waals surface area contributed by atoms with Crippen LogP contribution in [0.15, 0.2) is 11.2 Å². The summed E-state index contributed by atoms with van der Waals surface area (Å²) in [6, 6.07) is 4.15. The highest BCUT2D eigenvalue weighted by Gasteiger charge is 2.13. The Morgan fingerprint density at radius 2 is 2.24 bits per heavy atom. The zero-order valence-corrected chi connectivity index (χ0v) is 11.7. The third-order valence-electron chi connectivity index (χ3n) is 2.23. The Morgan fingerprint density at radius 1 is 1.53 bits per heavy atom. The van der Waals surface area contributed by atoms with Crippen molar-refractivity contribution in [2.75, 3.05) is 17.7 Å². The molecule has 0 atom stereocenters. The predicted molar refractivity (Wildman–Crippen MR) is 71.5 cm³/mol. The van der Waals surface area contributed by atoms with Gasteiger partial charge in [-0.25, -0.2) is 9.97 Å². The summed E-state index contributed by atoms with van der Waals surface area (Å²) in [5.41, 5.74) is 0. The van der Waals surface area contributed by atoms with Gasteiger partial charge < -0.3 is 4.90 Å². The first-order valence-electron chi connectivity index (χ1n) is 5.30. The number of aromatic nitrogens is 2. The molecule has 0 unspecified atom stereocenters. The average molecular weight is 271 g/mol. The SMILES string of the molecule is CSc1nc(Cl)cc(N(CCC#N)C(C)C)n1. The molecule has 0 aromatic carbocycles. The monoisotopic (exact) mass is 270 g/mol. The molecule has 1 aromatic rings. The molecule has 0 amide bonds. The molecule has 0 aliphatic heterocycles. The summed E-state index contributed by atoms with van der Waals surface area (Å²) in [7, 11) is 0. The summed E-state index contributed by atoms with van der Waals surface area (Å²) in [6.07, 6.45) is 2.37. The molecule has 0 spiro atoms. The fourth-order valence-electron chi connectivity index (χ4n) is 1.43. The van der Waals surface area contributed by atoms with Crippen molar-refractivity contribution in [1.29, 1.82) is 5.26 Å². The van der Waals surface area contributed by atoms with Gasteiger partial charge >= 0.3 is 0 Å².